The summed E-state index contributed by atoms with van der Waals surface area (Å²) in [4.78, 5) is 14.7. The van der Waals surface area contributed by atoms with E-state index in [0.29, 0.717) is 13.1 Å². The van der Waals surface area contributed by atoms with E-state index >= 15 is 0 Å². The van der Waals surface area contributed by atoms with E-state index in [1.807, 2.05) is 24.0 Å². The molecule has 1 aliphatic rings. The fourth-order valence-electron chi connectivity index (χ4n) is 2.96. The van der Waals surface area contributed by atoms with Crippen LogP contribution in [0.3, 0.4) is 0 Å². The number of carbonyl (C=O) groups excluding carboxylic acids is 1. The average molecular weight is 264 g/mol. The molecular formula is C15H24N2O2. The summed E-state index contributed by atoms with van der Waals surface area (Å²) >= 11 is 0. The molecule has 0 aliphatic carbocycles. The number of rotatable bonds is 6. The standard InChI is InChI=1S/C15H24N2O2/c1-3-8-15(9-6-10-16-15)14(18)17(4-2)12-13-7-5-11-19-13/h5,7,11,16H,3-4,6,8-10,12H2,1-2H3. The minimum Gasteiger partial charge on any atom is -0.467 e. The van der Waals surface area contributed by atoms with Gasteiger partial charge in [0.05, 0.1) is 18.3 Å². The molecule has 106 valence electrons. The van der Waals surface area contributed by atoms with Gasteiger partial charge in [-0.05, 0) is 44.9 Å². The van der Waals surface area contributed by atoms with Gasteiger partial charge in [0.2, 0.25) is 5.91 Å². The van der Waals surface area contributed by atoms with Crippen molar-refractivity contribution in [1.29, 1.82) is 0 Å². The third-order valence-electron chi connectivity index (χ3n) is 3.93. The Morgan fingerprint density at radius 3 is 2.89 bits per heavy atom. The summed E-state index contributed by atoms with van der Waals surface area (Å²) in [5, 5.41) is 3.44. The molecular weight excluding hydrogens is 240 g/mol. The highest BCUT2D eigenvalue weighted by Crippen LogP contribution is 2.27. The molecule has 1 unspecified atom stereocenters. The SMILES string of the molecule is CCCC1(C(=O)N(CC)Cc2ccco2)CCCN1. The Bertz CT molecular complexity index is 394. The maximum atomic E-state index is 12.8. The van der Waals surface area contributed by atoms with Crippen LogP contribution in [-0.4, -0.2) is 29.4 Å². The lowest BCUT2D eigenvalue weighted by Crippen LogP contribution is -2.54. The van der Waals surface area contributed by atoms with Crippen molar-refractivity contribution < 1.29 is 9.21 Å². The van der Waals surface area contributed by atoms with Gasteiger partial charge in [-0.15, -0.1) is 0 Å². The highest BCUT2D eigenvalue weighted by atomic mass is 16.3. The second-order valence-electron chi connectivity index (χ2n) is 5.26. The molecule has 1 aromatic heterocycles. The Morgan fingerprint density at radius 1 is 1.53 bits per heavy atom. The van der Waals surface area contributed by atoms with Crippen molar-refractivity contribution in [2.75, 3.05) is 13.1 Å². The van der Waals surface area contributed by atoms with Crippen LogP contribution in [0.25, 0.3) is 0 Å². The van der Waals surface area contributed by atoms with E-state index in [1.54, 1.807) is 6.26 Å². The number of nitrogens with one attached hydrogen (secondary N) is 1. The number of hydrogen-bond donors (Lipinski definition) is 1. The molecule has 1 saturated heterocycles. The van der Waals surface area contributed by atoms with Crippen LogP contribution in [0.15, 0.2) is 22.8 Å². The fraction of sp³-hybridized carbons (Fsp3) is 0.667. The normalized spacial score (nSPS) is 22.6. The Balaban J connectivity index is 2.10. The maximum Gasteiger partial charge on any atom is 0.243 e. The van der Waals surface area contributed by atoms with Gasteiger partial charge >= 0.3 is 0 Å². The first kappa shape index (κ1) is 14.1. The van der Waals surface area contributed by atoms with E-state index in [-0.39, 0.29) is 11.4 Å². The molecule has 2 heterocycles. The summed E-state index contributed by atoms with van der Waals surface area (Å²) in [6.07, 6.45) is 5.64. The minimum atomic E-state index is -0.336. The van der Waals surface area contributed by atoms with Gasteiger partial charge in [0.25, 0.3) is 0 Å². The molecule has 19 heavy (non-hydrogen) atoms. The molecule has 1 atom stereocenters. The summed E-state index contributed by atoms with van der Waals surface area (Å²) in [6, 6.07) is 3.79. The quantitative estimate of drug-likeness (QED) is 0.859. The van der Waals surface area contributed by atoms with Crippen LogP contribution < -0.4 is 5.32 Å². The summed E-state index contributed by atoms with van der Waals surface area (Å²) in [5.74, 6) is 1.07. The molecule has 0 bridgehead atoms. The van der Waals surface area contributed by atoms with Gasteiger partial charge in [-0.25, -0.2) is 0 Å². The van der Waals surface area contributed by atoms with Crippen LogP contribution in [0.4, 0.5) is 0 Å². The maximum absolute atomic E-state index is 12.8. The Kier molecular flexibility index (Phi) is 4.64. The van der Waals surface area contributed by atoms with Crippen molar-refractivity contribution in [2.24, 2.45) is 0 Å². The van der Waals surface area contributed by atoms with Crippen LogP contribution in [0, 0.1) is 0 Å². The number of furan rings is 1. The Labute approximate surface area is 115 Å². The zero-order chi connectivity index (χ0) is 13.7. The van der Waals surface area contributed by atoms with Crippen LogP contribution in [0.1, 0.15) is 45.3 Å². The number of hydrogen-bond acceptors (Lipinski definition) is 3. The smallest absolute Gasteiger partial charge is 0.243 e. The second-order valence-corrected chi connectivity index (χ2v) is 5.26. The van der Waals surface area contributed by atoms with Crippen molar-refractivity contribution in [3.05, 3.63) is 24.2 Å². The van der Waals surface area contributed by atoms with Crippen molar-refractivity contribution in [3.8, 4) is 0 Å². The number of likely N-dealkylation sites (N-methyl/N-ethyl adjacent to an activating group) is 1. The van der Waals surface area contributed by atoms with Crippen molar-refractivity contribution >= 4 is 5.91 Å². The summed E-state index contributed by atoms with van der Waals surface area (Å²) in [6.45, 7) is 6.39. The molecule has 0 radical (unpaired) electrons. The number of nitrogens with zero attached hydrogens (tertiary/aromatic N) is 1. The highest BCUT2D eigenvalue weighted by molar-refractivity contribution is 5.86. The molecule has 0 saturated carbocycles. The third-order valence-corrected chi connectivity index (χ3v) is 3.93. The first-order valence-corrected chi connectivity index (χ1v) is 7.28. The Morgan fingerprint density at radius 2 is 2.37 bits per heavy atom. The van der Waals surface area contributed by atoms with Gasteiger partial charge in [0.15, 0.2) is 0 Å². The fourth-order valence-corrected chi connectivity index (χ4v) is 2.96. The van der Waals surface area contributed by atoms with E-state index < -0.39 is 0 Å². The molecule has 2 rings (SSSR count). The van der Waals surface area contributed by atoms with Gasteiger partial charge < -0.3 is 14.6 Å². The predicted molar refractivity (Wildman–Crippen MR) is 74.7 cm³/mol. The van der Waals surface area contributed by atoms with Crippen LogP contribution in [0.2, 0.25) is 0 Å². The van der Waals surface area contributed by atoms with E-state index in [1.165, 1.54) is 0 Å². The molecule has 0 aromatic carbocycles. The topological polar surface area (TPSA) is 45.5 Å². The van der Waals surface area contributed by atoms with Gasteiger partial charge in [0, 0.05) is 6.54 Å². The third kappa shape index (κ3) is 3.00. The van der Waals surface area contributed by atoms with Crippen molar-refractivity contribution in [1.82, 2.24) is 10.2 Å². The predicted octanol–water partition coefficient (Wildman–Crippen LogP) is 2.55. The molecule has 1 aromatic rings. The number of amides is 1. The van der Waals surface area contributed by atoms with Gasteiger partial charge in [-0.2, -0.15) is 0 Å². The summed E-state index contributed by atoms with van der Waals surface area (Å²) in [7, 11) is 0. The average Bonchev–Trinajstić information content (AvgIpc) is 3.07. The molecule has 1 amide bonds. The van der Waals surface area contributed by atoms with Gasteiger partial charge in [-0.1, -0.05) is 13.3 Å². The van der Waals surface area contributed by atoms with Crippen LogP contribution in [-0.2, 0) is 11.3 Å². The monoisotopic (exact) mass is 264 g/mol. The van der Waals surface area contributed by atoms with E-state index in [0.717, 1.165) is 38.0 Å². The highest BCUT2D eigenvalue weighted by Gasteiger charge is 2.42. The molecule has 0 spiro atoms. The van der Waals surface area contributed by atoms with E-state index in [4.69, 9.17) is 4.42 Å². The van der Waals surface area contributed by atoms with Crippen LogP contribution in [0.5, 0.6) is 0 Å². The molecule has 1 N–H and O–H groups in total. The molecule has 1 aliphatic heterocycles. The zero-order valence-electron chi connectivity index (χ0n) is 11.9. The van der Waals surface area contributed by atoms with Crippen molar-refractivity contribution in [2.45, 2.75) is 51.6 Å². The lowest BCUT2D eigenvalue weighted by Gasteiger charge is -2.33. The summed E-state index contributed by atoms with van der Waals surface area (Å²) < 4.78 is 5.36. The zero-order valence-corrected chi connectivity index (χ0v) is 11.9. The van der Waals surface area contributed by atoms with Gasteiger partial charge in [-0.3, -0.25) is 4.79 Å². The summed E-state index contributed by atoms with van der Waals surface area (Å²) in [5.41, 5.74) is -0.336. The van der Waals surface area contributed by atoms with E-state index in [2.05, 4.69) is 12.2 Å². The molecule has 1 fully saturated rings. The Hall–Kier alpha value is -1.29. The lowest BCUT2D eigenvalue weighted by atomic mass is 9.90. The van der Waals surface area contributed by atoms with Crippen molar-refractivity contribution in [3.63, 3.8) is 0 Å². The largest absolute Gasteiger partial charge is 0.467 e. The van der Waals surface area contributed by atoms with E-state index in [9.17, 15) is 4.79 Å². The number of carbonyl (C=O) groups is 1. The first-order chi connectivity index (χ1) is 9.22. The van der Waals surface area contributed by atoms with Crippen LogP contribution >= 0.6 is 0 Å². The lowest BCUT2D eigenvalue weighted by molar-refractivity contribution is -0.139. The molecule has 4 nitrogen and oxygen atoms in total. The first-order valence-electron chi connectivity index (χ1n) is 7.28. The second kappa shape index (κ2) is 6.24. The minimum absolute atomic E-state index is 0.228. The molecule has 4 heteroatoms. The van der Waals surface area contributed by atoms with Gasteiger partial charge in [0.1, 0.15) is 5.76 Å².